The van der Waals surface area contributed by atoms with Gasteiger partial charge in [0.1, 0.15) is 5.82 Å². The molecule has 0 spiro atoms. The maximum Gasteiger partial charge on any atom is 0.255 e. The largest absolute Gasteiger partial charge is 0.395 e. The first-order chi connectivity index (χ1) is 17.9. The summed E-state index contributed by atoms with van der Waals surface area (Å²) >= 11 is 0. The van der Waals surface area contributed by atoms with Crippen LogP contribution in [0, 0.1) is 18.3 Å². The molecule has 8 heteroatoms. The molecular weight excluding hydrogens is 466 g/mol. The van der Waals surface area contributed by atoms with Gasteiger partial charge < -0.3 is 20.2 Å². The Balaban J connectivity index is 1.40. The molecule has 0 atom stereocenters. The normalized spacial score (nSPS) is 13.6. The smallest absolute Gasteiger partial charge is 0.255 e. The van der Waals surface area contributed by atoms with Gasteiger partial charge in [-0.15, -0.1) is 0 Å². The van der Waals surface area contributed by atoms with E-state index in [2.05, 4.69) is 16.4 Å². The van der Waals surface area contributed by atoms with Crippen LogP contribution in [0.3, 0.4) is 0 Å². The predicted molar refractivity (Wildman–Crippen MR) is 143 cm³/mol. The SMILES string of the molecule is Cc1ccc(C(=O)N2CCC(c3ccc(C#N)cc3)CC2)cc1C(=O)Nc1ccc(N(C)CCO)nc1. The van der Waals surface area contributed by atoms with E-state index < -0.39 is 0 Å². The number of nitrogens with one attached hydrogen (secondary N) is 1. The average molecular weight is 498 g/mol. The van der Waals surface area contributed by atoms with Crippen molar-refractivity contribution in [1.82, 2.24) is 9.88 Å². The molecule has 37 heavy (non-hydrogen) atoms. The van der Waals surface area contributed by atoms with E-state index in [9.17, 15) is 9.59 Å². The molecule has 2 amide bonds. The molecule has 4 rings (SSSR count). The Labute approximate surface area is 217 Å². The Bertz CT molecular complexity index is 1290. The lowest BCUT2D eigenvalue weighted by atomic mass is 9.88. The number of benzene rings is 2. The summed E-state index contributed by atoms with van der Waals surface area (Å²) in [5, 5.41) is 20.9. The number of aromatic nitrogens is 1. The molecule has 3 aromatic rings. The molecule has 1 fully saturated rings. The Morgan fingerprint density at radius 1 is 1.14 bits per heavy atom. The summed E-state index contributed by atoms with van der Waals surface area (Å²) in [7, 11) is 1.83. The van der Waals surface area contributed by atoms with Crippen LogP contribution in [-0.2, 0) is 0 Å². The van der Waals surface area contributed by atoms with Crippen molar-refractivity contribution < 1.29 is 14.7 Å². The number of nitrogens with zero attached hydrogens (tertiary/aromatic N) is 4. The van der Waals surface area contributed by atoms with Gasteiger partial charge >= 0.3 is 0 Å². The summed E-state index contributed by atoms with van der Waals surface area (Å²) < 4.78 is 0. The number of aliphatic hydroxyl groups is 1. The van der Waals surface area contributed by atoms with E-state index in [1.54, 1.807) is 36.5 Å². The molecular formula is C29H31N5O3. The maximum atomic E-state index is 13.3. The minimum atomic E-state index is -0.301. The highest BCUT2D eigenvalue weighted by atomic mass is 16.3. The third-order valence-electron chi connectivity index (χ3n) is 6.85. The van der Waals surface area contributed by atoms with Gasteiger partial charge in [-0.2, -0.15) is 5.26 Å². The first-order valence-corrected chi connectivity index (χ1v) is 12.4. The number of likely N-dealkylation sites (tertiary alicyclic amines) is 1. The van der Waals surface area contributed by atoms with Crippen molar-refractivity contribution in [3.05, 3.63) is 88.6 Å². The second-order valence-electron chi connectivity index (χ2n) is 9.33. The number of amides is 2. The topological polar surface area (TPSA) is 110 Å². The van der Waals surface area contributed by atoms with Gasteiger partial charge in [0, 0.05) is 37.8 Å². The van der Waals surface area contributed by atoms with Crippen LogP contribution in [0.5, 0.6) is 0 Å². The maximum absolute atomic E-state index is 13.3. The third-order valence-corrected chi connectivity index (χ3v) is 6.85. The van der Waals surface area contributed by atoms with Crippen molar-refractivity contribution >= 4 is 23.3 Å². The molecule has 2 aromatic carbocycles. The van der Waals surface area contributed by atoms with E-state index in [1.807, 2.05) is 48.0 Å². The van der Waals surface area contributed by atoms with Crippen molar-refractivity contribution in [3.63, 3.8) is 0 Å². The number of likely N-dealkylation sites (N-methyl/N-ethyl adjacent to an activating group) is 1. The molecule has 0 unspecified atom stereocenters. The second kappa shape index (κ2) is 11.7. The van der Waals surface area contributed by atoms with Gasteiger partial charge in [0.2, 0.25) is 0 Å². The highest BCUT2D eigenvalue weighted by molar-refractivity contribution is 6.07. The summed E-state index contributed by atoms with van der Waals surface area (Å²) in [6.45, 7) is 3.62. The van der Waals surface area contributed by atoms with Crippen molar-refractivity contribution in [3.8, 4) is 6.07 Å². The Morgan fingerprint density at radius 3 is 2.49 bits per heavy atom. The van der Waals surface area contributed by atoms with E-state index in [4.69, 9.17) is 10.4 Å². The number of anilines is 2. The average Bonchev–Trinajstić information content (AvgIpc) is 2.93. The molecule has 2 N–H and O–H groups in total. The van der Waals surface area contributed by atoms with Crippen LogP contribution in [0.1, 0.15) is 56.2 Å². The zero-order valence-corrected chi connectivity index (χ0v) is 21.1. The Kier molecular flexibility index (Phi) is 8.16. The number of piperidine rings is 1. The number of rotatable bonds is 7. The van der Waals surface area contributed by atoms with Gasteiger partial charge in [-0.1, -0.05) is 18.2 Å². The Hall–Kier alpha value is -4.22. The van der Waals surface area contributed by atoms with Gasteiger partial charge in [0.05, 0.1) is 30.1 Å². The van der Waals surface area contributed by atoms with Crippen LogP contribution < -0.4 is 10.2 Å². The molecule has 1 aromatic heterocycles. The van der Waals surface area contributed by atoms with Crippen LogP contribution in [0.4, 0.5) is 11.5 Å². The third kappa shape index (κ3) is 6.13. The highest BCUT2D eigenvalue weighted by Crippen LogP contribution is 2.29. The van der Waals surface area contributed by atoms with Crippen LogP contribution in [-0.4, -0.2) is 60.1 Å². The molecule has 1 aliphatic heterocycles. The van der Waals surface area contributed by atoms with Crippen LogP contribution in [0.15, 0.2) is 60.8 Å². The molecule has 1 saturated heterocycles. The number of pyridine rings is 1. The highest BCUT2D eigenvalue weighted by Gasteiger charge is 2.25. The van der Waals surface area contributed by atoms with Gasteiger partial charge in [-0.05, 0) is 73.2 Å². The second-order valence-corrected chi connectivity index (χ2v) is 9.33. The molecule has 0 bridgehead atoms. The Morgan fingerprint density at radius 2 is 1.86 bits per heavy atom. The summed E-state index contributed by atoms with van der Waals surface area (Å²) in [6.07, 6.45) is 3.28. The monoisotopic (exact) mass is 497 g/mol. The number of carbonyl (C=O) groups excluding carboxylic acids is 2. The zero-order chi connectivity index (χ0) is 26.4. The fourth-order valence-corrected chi connectivity index (χ4v) is 4.58. The lowest BCUT2D eigenvalue weighted by Crippen LogP contribution is -2.38. The first-order valence-electron chi connectivity index (χ1n) is 12.4. The summed E-state index contributed by atoms with van der Waals surface area (Å²) in [5.74, 6) is 0.675. The van der Waals surface area contributed by atoms with E-state index in [1.165, 1.54) is 5.56 Å². The summed E-state index contributed by atoms with van der Waals surface area (Å²) in [6, 6.07) is 18.6. The van der Waals surface area contributed by atoms with E-state index in [0.29, 0.717) is 53.7 Å². The van der Waals surface area contributed by atoms with Crippen LogP contribution >= 0.6 is 0 Å². The molecule has 0 aliphatic carbocycles. The van der Waals surface area contributed by atoms with Crippen LogP contribution in [0.25, 0.3) is 0 Å². The van der Waals surface area contributed by atoms with Gasteiger partial charge in [0.25, 0.3) is 11.8 Å². The van der Waals surface area contributed by atoms with Gasteiger partial charge in [-0.3, -0.25) is 9.59 Å². The van der Waals surface area contributed by atoms with Crippen molar-refractivity contribution in [2.75, 3.05) is 43.5 Å². The van der Waals surface area contributed by atoms with E-state index in [-0.39, 0.29) is 18.4 Å². The summed E-state index contributed by atoms with van der Waals surface area (Å²) in [5.41, 5.74) is 4.11. The number of aryl methyl sites for hydroxylation is 1. The minimum absolute atomic E-state index is 0.0279. The van der Waals surface area contributed by atoms with Crippen molar-refractivity contribution in [1.29, 1.82) is 5.26 Å². The molecule has 2 heterocycles. The molecule has 0 radical (unpaired) electrons. The minimum Gasteiger partial charge on any atom is -0.395 e. The van der Waals surface area contributed by atoms with E-state index in [0.717, 1.165) is 18.4 Å². The predicted octanol–water partition coefficient (Wildman–Crippen LogP) is 3.96. The van der Waals surface area contributed by atoms with Gasteiger partial charge in [0.15, 0.2) is 0 Å². The van der Waals surface area contributed by atoms with Crippen molar-refractivity contribution in [2.45, 2.75) is 25.7 Å². The zero-order valence-electron chi connectivity index (χ0n) is 21.1. The van der Waals surface area contributed by atoms with Crippen LogP contribution in [0.2, 0.25) is 0 Å². The molecule has 0 saturated carbocycles. The molecule has 190 valence electrons. The molecule has 1 aliphatic rings. The van der Waals surface area contributed by atoms with E-state index >= 15 is 0 Å². The quantitative estimate of drug-likeness (QED) is 0.511. The van der Waals surface area contributed by atoms with Gasteiger partial charge in [-0.25, -0.2) is 4.98 Å². The number of nitriles is 1. The number of carbonyl (C=O) groups is 2. The number of hydrogen-bond donors (Lipinski definition) is 2. The fraction of sp³-hybridized carbons (Fsp3) is 0.310. The number of aliphatic hydroxyl groups excluding tert-OH is 1. The lowest BCUT2D eigenvalue weighted by molar-refractivity contribution is 0.0713. The van der Waals surface area contributed by atoms with Crippen molar-refractivity contribution in [2.24, 2.45) is 0 Å². The number of hydrogen-bond acceptors (Lipinski definition) is 6. The fourth-order valence-electron chi connectivity index (χ4n) is 4.58. The lowest BCUT2D eigenvalue weighted by Gasteiger charge is -2.32. The molecule has 8 nitrogen and oxygen atoms in total. The first kappa shape index (κ1) is 25.9. The summed E-state index contributed by atoms with van der Waals surface area (Å²) in [4.78, 5) is 34.3. The standard InChI is InChI=1S/C29H31N5O3/c1-20-3-6-24(17-26(20)28(36)32-25-9-10-27(31-19-25)33(2)15-16-35)29(37)34-13-11-23(12-14-34)22-7-4-21(18-30)5-8-22/h3-10,17,19,23,35H,11-16H2,1-2H3,(H,32,36).